The van der Waals surface area contributed by atoms with Crippen LogP contribution in [0.2, 0.25) is 5.02 Å². The molecular formula is C26H18ClN3O4S. The van der Waals surface area contributed by atoms with Gasteiger partial charge in [-0.1, -0.05) is 29.0 Å². The normalized spacial score (nSPS) is 20.9. The van der Waals surface area contributed by atoms with Gasteiger partial charge in [-0.3, -0.25) is 19.5 Å². The predicted octanol–water partition coefficient (Wildman–Crippen LogP) is 5.29. The molecule has 2 aliphatic rings. The summed E-state index contributed by atoms with van der Waals surface area (Å²) in [5.74, 6) is -1.03. The molecule has 9 heteroatoms. The van der Waals surface area contributed by atoms with Gasteiger partial charge in [0.15, 0.2) is 5.13 Å². The van der Waals surface area contributed by atoms with Gasteiger partial charge in [0.05, 0.1) is 21.8 Å². The third-order valence-electron chi connectivity index (χ3n) is 6.16. The molecule has 1 saturated heterocycles. The van der Waals surface area contributed by atoms with E-state index < -0.39 is 17.7 Å². The number of thiazole rings is 1. The highest BCUT2D eigenvalue weighted by Gasteiger charge is 2.48. The standard InChI is InChI=1S/C26H18ClN3O4S/c1-13-9-16-10-14(4-7-19(16)34-13)23(31)21-22(15-3-2-8-28-12-15)30(25(33)24(21)32)26-29-18-6-5-17(27)11-20(18)35-26/h2-8,10-13,22,31H,9H2,1H3/b23-21+/t13-,22+/m1/s1. The average Bonchev–Trinajstić information content (AvgIpc) is 3.51. The van der Waals surface area contributed by atoms with Gasteiger partial charge in [0, 0.05) is 29.4 Å². The van der Waals surface area contributed by atoms with E-state index in [0.717, 1.165) is 16.0 Å². The number of ketones is 1. The van der Waals surface area contributed by atoms with E-state index in [4.69, 9.17) is 16.3 Å². The van der Waals surface area contributed by atoms with Gasteiger partial charge in [0.2, 0.25) is 0 Å². The number of aliphatic hydroxyl groups is 1. The lowest BCUT2D eigenvalue weighted by Gasteiger charge is -2.22. The zero-order valence-corrected chi connectivity index (χ0v) is 20.0. The lowest BCUT2D eigenvalue weighted by molar-refractivity contribution is -0.132. The predicted molar refractivity (Wildman–Crippen MR) is 134 cm³/mol. The minimum Gasteiger partial charge on any atom is -0.507 e. The second-order valence-electron chi connectivity index (χ2n) is 8.52. The van der Waals surface area contributed by atoms with Crippen LogP contribution in [0, 0.1) is 0 Å². The number of pyridine rings is 1. The molecule has 4 aromatic rings. The number of aliphatic hydroxyl groups excluding tert-OH is 1. The summed E-state index contributed by atoms with van der Waals surface area (Å²) in [6, 6.07) is 13.1. The molecule has 2 aromatic carbocycles. The number of halogens is 1. The minimum atomic E-state index is -0.886. The lowest BCUT2D eigenvalue weighted by Crippen LogP contribution is -2.29. The van der Waals surface area contributed by atoms with E-state index in [-0.39, 0.29) is 17.4 Å². The Morgan fingerprint density at radius 3 is 2.86 bits per heavy atom. The number of ether oxygens (including phenoxy) is 1. The Morgan fingerprint density at radius 1 is 1.20 bits per heavy atom. The molecule has 0 saturated carbocycles. The van der Waals surface area contributed by atoms with Crippen molar-refractivity contribution in [1.82, 2.24) is 9.97 Å². The fourth-order valence-electron chi connectivity index (χ4n) is 4.60. The van der Waals surface area contributed by atoms with E-state index in [1.54, 1.807) is 54.9 Å². The summed E-state index contributed by atoms with van der Waals surface area (Å²) in [6.45, 7) is 1.97. The van der Waals surface area contributed by atoms with E-state index >= 15 is 0 Å². The Balaban J connectivity index is 1.53. The van der Waals surface area contributed by atoms with Crippen LogP contribution < -0.4 is 9.64 Å². The summed E-state index contributed by atoms with van der Waals surface area (Å²) in [4.78, 5) is 36.8. The molecule has 174 valence electrons. The maximum absolute atomic E-state index is 13.3. The van der Waals surface area contributed by atoms with Gasteiger partial charge in [0.25, 0.3) is 5.78 Å². The Morgan fingerprint density at radius 2 is 2.06 bits per heavy atom. The third-order valence-corrected chi connectivity index (χ3v) is 7.41. The highest BCUT2D eigenvalue weighted by molar-refractivity contribution is 7.22. The van der Waals surface area contributed by atoms with Crippen LogP contribution in [0.4, 0.5) is 5.13 Å². The van der Waals surface area contributed by atoms with Gasteiger partial charge < -0.3 is 9.84 Å². The number of rotatable bonds is 3. The fraction of sp³-hybridized carbons (Fsp3) is 0.154. The molecule has 35 heavy (non-hydrogen) atoms. The third kappa shape index (κ3) is 3.57. The zero-order valence-electron chi connectivity index (χ0n) is 18.4. The van der Waals surface area contributed by atoms with E-state index in [1.165, 1.54) is 16.2 Å². The van der Waals surface area contributed by atoms with Crippen LogP contribution in [0.5, 0.6) is 5.75 Å². The van der Waals surface area contributed by atoms with Gasteiger partial charge in [-0.05, 0) is 60.5 Å². The van der Waals surface area contributed by atoms with Crippen molar-refractivity contribution in [2.45, 2.75) is 25.5 Å². The molecule has 0 radical (unpaired) electrons. The van der Waals surface area contributed by atoms with Gasteiger partial charge in [-0.2, -0.15) is 0 Å². The quantitative estimate of drug-likeness (QED) is 0.232. The summed E-state index contributed by atoms with van der Waals surface area (Å²) in [7, 11) is 0. The number of carbonyl (C=O) groups excluding carboxylic acids is 2. The summed E-state index contributed by atoms with van der Waals surface area (Å²) in [5.41, 5.74) is 2.63. The number of fused-ring (bicyclic) bond motifs is 2. The maximum Gasteiger partial charge on any atom is 0.301 e. The van der Waals surface area contributed by atoms with Crippen LogP contribution in [0.25, 0.3) is 16.0 Å². The van der Waals surface area contributed by atoms with Gasteiger partial charge in [-0.15, -0.1) is 0 Å². The largest absolute Gasteiger partial charge is 0.507 e. The van der Waals surface area contributed by atoms with E-state index in [1.807, 2.05) is 13.0 Å². The molecule has 7 nitrogen and oxygen atoms in total. The number of amides is 1. The molecular weight excluding hydrogens is 486 g/mol. The number of benzene rings is 2. The second kappa shape index (κ2) is 8.18. The second-order valence-corrected chi connectivity index (χ2v) is 9.96. The van der Waals surface area contributed by atoms with Crippen LogP contribution in [-0.2, 0) is 16.0 Å². The average molecular weight is 504 g/mol. The Bertz CT molecular complexity index is 1550. The van der Waals surface area contributed by atoms with E-state index in [9.17, 15) is 14.7 Å². The molecule has 1 fully saturated rings. The summed E-state index contributed by atoms with van der Waals surface area (Å²) in [5, 5.41) is 12.3. The SMILES string of the molecule is C[C@@H]1Cc2cc(/C(O)=C3\C(=O)C(=O)N(c4nc5ccc(Cl)cc5s4)[C@H]3c3cccnc3)ccc2O1. The number of hydrogen-bond donors (Lipinski definition) is 1. The molecule has 2 atom stereocenters. The van der Waals surface area contributed by atoms with E-state index in [0.29, 0.717) is 33.2 Å². The van der Waals surface area contributed by atoms with Gasteiger partial charge >= 0.3 is 5.91 Å². The molecule has 0 aliphatic carbocycles. The molecule has 1 N–H and O–H groups in total. The lowest BCUT2D eigenvalue weighted by atomic mass is 9.95. The van der Waals surface area contributed by atoms with Crippen molar-refractivity contribution < 1.29 is 19.4 Å². The number of carbonyl (C=O) groups is 2. The molecule has 2 aliphatic heterocycles. The molecule has 0 unspecified atom stereocenters. The van der Waals surface area contributed by atoms with Crippen molar-refractivity contribution in [1.29, 1.82) is 0 Å². The van der Waals surface area contributed by atoms with Crippen LogP contribution in [-0.4, -0.2) is 32.9 Å². The topological polar surface area (TPSA) is 92.6 Å². The molecule has 2 aromatic heterocycles. The molecule has 4 heterocycles. The Kier molecular flexibility index (Phi) is 5.09. The van der Waals surface area contributed by atoms with Crippen LogP contribution in [0.3, 0.4) is 0 Å². The highest BCUT2D eigenvalue weighted by atomic mass is 35.5. The first-order valence-corrected chi connectivity index (χ1v) is 12.2. The van der Waals surface area contributed by atoms with Crippen molar-refractivity contribution in [3.05, 3.63) is 88.2 Å². The van der Waals surface area contributed by atoms with Crippen LogP contribution in [0.15, 0.2) is 66.5 Å². The first kappa shape index (κ1) is 21.8. The minimum absolute atomic E-state index is 0.00722. The molecule has 0 spiro atoms. The van der Waals surface area contributed by atoms with Crippen molar-refractivity contribution in [2.75, 3.05) is 4.90 Å². The van der Waals surface area contributed by atoms with Crippen LogP contribution >= 0.6 is 22.9 Å². The summed E-state index contributed by atoms with van der Waals surface area (Å²) >= 11 is 7.39. The fourth-order valence-corrected chi connectivity index (χ4v) is 5.87. The van der Waals surface area contributed by atoms with Crippen molar-refractivity contribution in [3.8, 4) is 5.75 Å². The van der Waals surface area contributed by atoms with Crippen LogP contribution in [0.1, 0.15) is 29.7 Å². The Labute approximate surface area is 209 Å². The number of Topliss-reactive ketones (excluding diaryl/α,β-unsaturated/α-hetero) is 1. The van der Waals surface area contributed by atoms with Crippen molar-refractivity contribution >= 4 is 55.7 Å². The van der Waals surface area contributed by atoms with Gasteiger partial charge in [-0.25, -0.2) is 4.98 Å². The number of aromatic nitrogens is 2. The molecule has 6 rings (SSSR count). The van der Waals surface area contributed by atoms with E-state index in [2.05, 4.69) is 9.97 Å². The number of anilines is 1. The van der Waals surface area contributed by atoms with Gasteiger partial charge in [0.1, 0.15) is 17.6 Å². The highest BCUT2D eigenvalue weighted by Crippen LogP contribution is 2.44. The Hall–Kier alpha value is -3.75. The number of nitrogens with zero attached hydrogens (tertiary/aromatic N) is 3. The summed E-state index contributed by atoms with van der Waals surface area (Å²) < 4.78 is 6.54. The first-order valence-electron chi connectivity index (χ1n) is 11.0. The maximum atomic E-state index is 13.3. The van der Waals surface area contributed by atoms with Crippen molar-refractivity contribution in [2.24, 2.45) is 0 Å². The monoisotopic (exact) mass is 503 g/mol. The molecule has 1 amide bonds. The smallest absolute Gasteiger partial charge is 0.301 e. The van der Waals surface area contributed by atoms with Crippen molar-refractivity contribution in [3.63, 3.8) is 0 Å². The number of hydrogen-bond acceptors (Lipinski definition) is 7. The zero-order chi connectivity index (χ0) is 24.3. The first-order chi connectivity index (χ1) is 16.9. The molecule has 0 bridgehead atoms. The summed E-state index contributed by atoms with van der Waals surface area (Å²) in [6.07, 6.45) is 3.93.